The average molecular weight is 447 g/mol. The molecule has 0 aliphatic heterocycles. The first-order valence-corrected chi connectivity index (χ1v) is 11.3. The van der Waals surface area contributed by atoms with E-state index >= 15 is 0 Å². The highest BCUT2D eigenvalue weighted by Crippen LogP contribution is 2.25. The van der Waals surface area contributed by atoms with Crippen molar-refractivity contribution in [1.82, 2.24) is 0 Å². The first-order chi connectivity index (χ1) is 16.5. The third-order valence-electron chi connectivity index (χ3n) is 5.61. The molecule has 0 saturated carbocycles. The fourth-order valence-electron chi connectivity index (χ4n) is 3.50. The Kier molecular flexibility index (Phi) is 7.19. The Morgan fingerprint density at radius 2 is 0.765 bits per heavy atom. The summed E-state index contributed by atoms with van der Waals surface area (Å²) in [5.74, 6) is 0. The molecule has 0 atom stereocenters. The van der Waals surface area contributed by atoms with Crippen LogP contribution in [-0.2, 0) is 0 Å². The van der Waals surface area contributed by atoms with Crippen LogP contribution in [0.2, 0.25) is 0 Å². The van der Waals surface area contributed by atoms with Crippen molar-refractivity contribution in [3.8, 4) is 11.1 Å². The van der Waals surface area contributed by atoms with Gasteiger partial charge in [0.25, 0.3) is 0 Å². The third-order valence-corrected chi connectivity index (χ3v) is 5.61. The van der Waals surface area contributed by atoms with Crippen LogP contribution >= 0.6 is 0 Å². The molecular formula is C30H30N4. The van der Waals surface area contributed by atoms with E-state index in [0.29, 0.717) is 0 Å². The molecule has 0 fully saturated rings. The molecule has 4 heteroatoms. The lowest BCUT2D eigenvalue weighted by Crippen LogP contribution is -2.08. The van der Waals surface area contributed by atoms with Crippen molar-refractivity contribution in [1.29, 1.82) is 0 Å². The van der Waals surface area contributed by atoms with Crippen molar-refractivity contribution in [2.45, 2.75) is 0 Å². The van der Waals surface area contributed by atoms with Gasteiger partial charge in [-0.25, -0.2) is 0 Å². The van der Waals surface area contributed by atoms with Crippen molar-refractivity contribution < 1.29 is 0 Å². The van der Waals surface area contributed by atoms with Crippen molar-refractivity contribution in [3.63, 3.8) is 0 Å². The van der Waals surface area contributed by atoms with E-state index in [9.17, 15) is 0 Å². The molecule has 0 aromatic heterocycles. The Bertz CT molecular complexity index is 1150. The molecule has 0 saturated heterocycles. The standard InChI is InChI=1S/C30H30N4/c1-33(2)29-17-5-23(6-18-29)21-31-27-13-9-25(10-14-27)26-11-15-28(16-12-26)32-22-24-7-19-30(20-8-24)34(3)4/h5-22H,1-4H3. The maximum absolute atomic E-state index is 4.61. The summed E-state index contributed by atoms with van der Waals surface area (Å²) < 4.78 is 0. The fraction of sp³-hybridized carbons (Fsp3) is 0.133. The zero-order chi connectivity index (χ0) is 23.9. The van der Waals surface area contributed by atoms with Gasteiger partial charge in [0.2, 0.25) is 0 Å². The number of hydrogen-bond donors (Lipinski definition) is 0. The zero-order valence-electron chi connectivity index (χ0n) is 20.2. The molecule has 0 radical (unpaired) electrons. The summed E-state index contributed by atoms with van der Waals surface area (Å²) in [5.41, 5.74) is 8.70. The highest BCUT2D eigenvalue weighted by Gasteiger charge is 2.00. The van der Waals surface area contributed by atoms with Crippen LogP contribution in [0.15, 0.2) is 107 Å². The van der Waals surface area contributed by atoms with Crippen LogP contribution in [0.1, 0.15) is 11.1 Å². The van der Waals surface area contributed by atoms with Gasteiger partial charge in [-0.2, -0.15) is 0 Å². The maximum Gasteiger partial charge on any atom is 0.0630 e. The van der Waals surface area contributed by atoms with Gasteiger partial charge in [-0.3, -0.25) is 9.98 Å². The molecule has 0 N–H and O–H groups in total. The largest absolute Gasteiger partial charge is 0.378 e. The van der Waals surface area contributed by atoms with Crippen molar-refractivity contribution in [2.75, 3.05) is 38.0 Å². The summed E-state index contributed by atoms with van der Waals surface area (Å²) in [6.07, 6.45) is 3.80. The molecule has 4 aromatic carbocycles. The minimum absolute atomic E-state index is 0.932. The second-order valence-corrected chi connectivity index (χ2v) is 8.58. The van der Waals surface area contributed by atoms with Crippen molar-refractivity contribution in [2.24, 2.45) is 9.98 Å². The summed E-state index contributed by atoms with van der Waals surface area (Å²) in [5, 5.41) is 0. The molecule has 0 unspecified atom stereocenters. The molecule has 0 amide bonds. The molecule has 4 nitrogen and oxygen atoms in total. The van der Waals surface area contributed by atoms with Gasteiger partial charge in [-0.05, 0) is 70.8 Å². The molecule has 4 aromatic rings. The molecular weight excluding hydrogens is 416 g/mol. The van der Waals surface area contributed by atoms with Crippen LogP contribution in [0.5, 0.6) is 0 Å². The predicted octanol–water partition coefficient (Wildman–Crippen LogP) is 6.99. The van der Waals surface area contributed by atoms with Crippen LogP contribution in [0.25, 0.3) is 11.1 Å². The molecule has 170 valence electrons. The number of rotatable bonds is 7. The van der Waals surface area contributed by atoms with Crippen LogP contribution in [0.3, 0.4) is 0 Å². The summed E-state index contributed by atoms with van der Waals surface area (Å²) in [4.78, 5) is 13.4. The predicted molar refractivity (Wildman–Crippen MR) is 148 cm³/mol. The number of anilines is 2. The van der Waals surface area contributed by atoms with Gasteiger partial charge in [0.1, 0.15) is 0 Å². The molecule has 4 rings (SSSR count). The van der Waals surface area contributed by atoms with E-state index in [1.54, 1.807) is 0 Å². The summed E-state index contributed by atoms with van der Waals surface area (Å²) in [6.45, 7) is 0. The van der Waals surface area contributed by atoms with Gasteiger partial charge in [0.15, 0.2) is 0 Å². The second-order valence-electron chi connectivity index (χ2n) is 8.58. The first kappa shape index (κ1) is 23.0. The minimum atomic E-state index is 0.932. The van der Waals surface area contributed by atoms with E-state index in [4.69, 9.17) is 0 Å². The van der Waals surface area contributed by atoms with Crippen molar-refractivity contribution in [3.05, 3.63) is 108 Å². The number of nitrogens with zero attached hydrogens (tertiary/aromatic N) is 4. The van der Waals surface area contributed by atoms with Crippen LogP contribution in [0, 0.1) is 0 Å². The van der Waals surface area contributed by atoms with Gasteiger partial charge in [-0.1, -0.05) is 48.5 Å². The normalized spacial score (nSPS) is 11.3. The lowest BCUT2D eigenvalue weighted by atomic mass is 10.1. The lowest BCUT2D eigenvalue weighted by molar-refractivity contribution is 1.13. The molecule has 34 heavy (non-hydrogen) atoms. The monoisotopic (exact) mass is 446 g/mol. The molecule has 0 spiro atoms. The quantitative estimate of drug-likeness (QED) is 0.287. The van der Waals surface area contributed by atoms with Crippen LogP contribution in [0.4, 0.5) is 22.7 Å². The Morgan fingerprint density at radius 3 is 1.06 bits per heavy atom. The molecule has 0 aliphatic carbocycles. The summed E-state index contributed by atoms with van der Waals surface area (Å²) >= 11 is 0. The highest BCUT2D eigenvalue weighted by atomic mass is 15.1. The van der Waals surface area contributed by atoms with Gasteiger partial charge < -0.3 is 9.80 Å². The smallest absolute Gasteiger partial charge is 0.0630 e. The van der Waals surface area contributed by atoms with E-state index in [0.717, 1.165) is 33.6 Å². The number of aliphatic imine (C=N–C) groups is 2. The Hall–Kier alpha value is -4.18. The third kappa shape index (κ3) is 5.99. The highest BCUT2D eigenvalue weighted by molar-refractivity contribution is 5.84. The Morgan fingerprint density at radius 1 is 0.441 bits per heavy atom. The molecule has 0 aliphatic rings. The van der Waals surface area contributed by atoms with Crippen molar-refractivity contribution >= 4 is 35.2 Å². The molecule has 0 bridgehead atoms. The van der Waals surface area contributed by atoms with Crippen LogP contribution in [-0.4, -0.2) is 40.6 Å². The Labute approximate surface area is 202 Å². The van der Waals surface area contributed by atoms with E-state index in [1.807, 2.05) is 64.9 Å². The van der Waals surface area contributed by atoms with E-state index in [2.05, 4.69) is 92.6 Å². The van der Waals surface area contributed by atoms with E-state index in [-0.39, 0.29) is 0 Å². The summed E-state index contributed by atoms with van der Waals surface area (Å²) in [7, 11) is 8.15. The topological polar surface area (TPSA) is 31.2 Å². The summed E-state index contributed by atoms with van der Waals surface area (Å²) in [6, 6.07) is 33.3. The zero-order valence-corrected chi connectivity index (χ0v) is 20.2. The van der Waals surface area contributed by atoms with Gasteiger partial charge in [0.05, 0.1) is 11.4 Å². The lowest BCUT2D eigenvalue weighted by Gasteiger charge is -2.11. The average Bonchev–Trinajstić information content (AvgIpc) is 2.87. The maximum atomic E-state index is 4.61. The second kappa shape index (κ2) is 10.6. The fourth-order valence-corrected chi connectivity index (χ4v) is 3.50. The van der Waals surface area contributed by atoms with Gasteiger partial charge in [0, 0.05) is 52.0 Å². The Balaban J connectivity index is 1.38. The van der Waals surface area contributed by atoms with Gasteiger partial charge in [-0.15, -0.1) is 0 Å². The van der Waals surface area contributed by atoms with E-state index < -0.39 is 0 Å². The van der Waals surface area contributed by atoms with Gasteiger partial charge >= 0.3 is 0 Å². The van der Waals surface area contributed by atoms with Crippen LogP contribution < -0.4 is 9.80 Å². The first-order valence-electron chi connectivity index (χ1n) is 11.3. The number of hydrogen-bond acceptors (Lipinski definition) is 4. The van der Waals surface area contributed by atoms with E-state index in [1.165, 1.54) is 11.4 Å². The molecule has 0 heterocycles. The SMILES string of the molecule is CN(C)c1ccc(C=Nc2ccc(-c3ccc(N=Cc4ccc(N(C)C)cc4)cc3)cc2)cc1. The number of benzene rings is 4. The minimum Gasteiger partial charge on any atom is -0.378 e.